The number of likely N-dealkylation sites (N-methyl/N-ethyl adjacent to an activating group) is 1. The van der Waals surface area contributed by atoms with Crippen LogP contribution in [0.4, 0.5) is 0 Å². The summed E-state index contributed by atoms with van der Waals surface area (Å²) in [5.74, 6) is 0.301. The van der Waals surface area contributed by atoms with E-state index in [0.717, 1.165) is 51.7 Å². The van der Waals surface area contributed by atoms with Crippen molar-refractivity contribution in [2.24, 2.45) is 11.1 Å². The quantitative estimate of drug-likeness (QED) is 0.778. The van der Waals surface area contributed by atoms with Crippen LogP contribution in [0.5, 0.6) is 0 Å². The van der Waals surface area contributed by atoms with Crippen LogP contribution in [-0.2, 0) is 4.79 Å². The van der Waals surface area contributed by atoms with Crippen molar-refractivity contribution in [1.82, 2.24) is 9.80 Å². The van der Waals surface area contributed by atoms with Crippen LogP contribution in [0.1, 0.15) is 52.9 Å². The Morgan fingerprint density at radius 2 is 1.80 bits per heavy atom. The Balaban J connectivity index is 2.83. The van der Waals surface area contributed by atoms with E-state index in [1.165, 1.54) is 0 Å². The molecule has 1 unspecified atom stereocenters. The number of carbonyl (C=O) groups is 1. The smallest absolute Gasteiger partial charge is 0.230 e. The summed E-state index contributed by atoms with van der Waals surface area (Å²) in [6, 6.07) is 0.492. The van der Waals surface area contributed by atoms with E-state index in [0.29, 0.717) is 18.5 Å². The van der Waals surface area contributed by atoms with E-state index in [9.17, 15) is 4.79 Å². The summed E-state index contributed by atoms with van der Waals surface area (Å²) in [6.07, 6.45) is 4.97. The third-order valence-corrected chi connectivity index (χ3v) is 4.84. The number of hydrogen-bond donors (Lipinski definition) is 1. The molecule has 0 saturated carbocycles. The number of carbonyl (C=O) groups excluding carboxylic acids is 1. The lowest BCUT2D eigenvalue weighted by molar-refractivity contribution is -0.145. The molecule has 0 bridgehead atoms. The number of hydrogen-bond acceptors (Lipinski definition) is 3. The van der Waals surface area contributed by atoms with Crippen molar-refractivity contribution < 1.29 is 4.79 Å². The third-order valence-electron chi connectivity index (χ3n) is 4.84. The van der Waals surface area contributed by atoms with Crippen LogP contribution >= 0.6 is 0 Å². The van der Waals surface area contributed by atoms with E-state index >= 15 is 0 Å². The lowest BCUT2D eigenvalue weighted by Crippen LogP contribution is -2.57. The molecular weight excluding hydrogens is 250 g/mol. The van der Waals surface area contributed by atoms with Crippen molar-refractivity contribution >= 4 is 5.91 Å². The van der Waals surface area contributed by atoms with Crippen molar-refractivity contribution in [3.63, 3.8) is 0 Å². The Bertz CT molecular complexity index is 300. The summed E-state index contributed by atoms with van der Waals surface area (Å²) in [6.45, 7) is 9.66. The van der Waals surface area contributed by atoms with Crippen LogP contribution in [0.25, 0.3) is 0 Å². The second-order valence-corrected chi connectivity index (χ2v) is 6.28. The Morgan fingerprint density at radius 1 is 1.20 bits per heavy atom. The van der Waals surface area contributed by atoms with Crippen LogP contribution in [0.3, 0.4) is 0 Å². The molecule has 0 aromatic carbocycles. The Labute approximate surface area is 124 Å². The fourth-order valence-electron chi connectivity index (χ4n) is 3.49. The van der Waals surface area contributed by atoms with E-state index in [4.69, 9.17) is 5.73 Å². The van der Waals surface area contributed by atoms with Gasteiger partial charge in [0.05, 0.1) is 5.41 Å². The molecule has 0 aliphatic carbocycles. The predicted molar refractivity (Wildman–Crippen MR) is 84.6 cm³/mol. The molecule has 1 heterocycles. The molecule has 0 radical (unpaired) electrons. The molecule has 1 atom stereocenters. The molecule has 1 fully saturated rings. The maximum absolute atomic E-state index is 13.0. The van der Waals surface area contributed by atoms with E-state index in [-0.39, 0.29) is 5.41 Å². The average Bonchev–Trinajstić information content (AvgIpc) is 2.46. The van der Waals surface area contributed by atoms with Gasteiger partial charge in [0.2, 0.25) is 5.91 Å². The first-order valence-corrected chi connectivity index (χ1v) is 8.24. The summed E-state index contributed by atoms with van der Waals surface area (Å²) in [5, 5.41) is 0. The first-order chi connectivity index (χ1) is 9.54. The zero-order valence-electron chi connectivity index (χ0n) is 13.8. The average molecular weight is 283 g/mol. The zero-order valence-corrected chi connectivity index (χ0v) is 13.8. The fourth-order valence-corrected chi connectivity index (χ4v) is 3.49. The van der Waals surface area contributed by atoms with E-state index < -0.39 is 0 Å². The van der Waals surface area contributed by atoms with Crippen molar-refractivity contribution in [2.45, 2.75) is 58.9 Å². The van der Waals surface area contributed by atoms with Crippen LogP contribution in [0, 0.1) is 5.41 Å². The topological polar surface area (TPSA) is 49.6 Å². The number of amides is 1. The maximum Gasteiger partial charge on any atom is 0.230 e. The van der Waals surface area contributed by atoms with Crippen LogP contribution in [-0.4, -0.2) is 55.0 Å². The number of nitrogens with two attached hydrogens (primary N) is 1. The summed E-state index contributed by atoms with van der Waals surface area (Å²) >= 11 is 0. The molecule has 1 aliphatic rings. The summed E-state index contributed by atoms with van der Waals surface area (Å²) in [7, 11) is 2.16. The summed E-state index contributed by atoms with van der Waals surface area (Å²) in [4.78, 5) is 17.5. The van der Waals surface area contributed by atoms with Crippen molar-refractivity contribution in [2.75, 3.05) is 33.2 Å². The van der Waals surface area contributed by atoms with Gasteiger partial charge in [0.25, 0.3) is 0 Å². The van der Waals surface area contributed by atoms with Crippen LogP contribution in [0.15, 0.2) is 0 Å². The minimum Gasteiger partial charge on any atom is -0.339 e. The minimum atomic E-state index is -0.322. The Hall–Kier alpha value is -0.610. The zero-order chi connectivity index (χ0) is 15.2. The fraction of sp³-hybridized carbons (Fsp3) is 0.938. The molecule has 20 heavy (non-hydrogen) atoms. The molecule has 118 valence electrons. The highest BCUT2D eigenvalue weighted by atomic mass is 16.2. The standard InChI is InChI=1S/C16H33N3O/c1-5-8-16(13-17,9-6-2)15(20)19-11-10-18(4)14(7-3)12-19/h14H,5-13,17H2,1-4H3. The van der Waals surface area contributed by atoms with E-state index in [1.54, 1.807) is 0 Å². The second kappa shape index (κ2) is 7.99. The highest BCUT2D eigenvalue weighted by Gasteiger charge is 2.40. The third kappa shape index (κ3) is 3.73. The van der Waals surface area contributed by atoms with Crippen molar-refractivity contribution in [3.8, 4) is 0 Å². The van der Waals surface area contributed by atoms with Gasteiger partial charge in [-0.25, -0.2) is 0 Å². The molecule has 1 amide bonds. The van der Waals surface area contributed by atoms with E-state index in [1.807, 2.05) is 0 Å². The van der Waals surface area contributed by atoms with Crippen molar-refractivity contribution in [3.05, 3.63) is 0 Å². The van der Waals surface area contributed by atoms with Gasteiger partial charge >= 0.3 is 0 Å². The highest BCUT2D eigenvalue weighted by Crippen LogP contribution is 2.32. The van der Waals surface area contributed by atoms with Crippen molar-refractivity contribution in [1.29, 1.82) is 0 Å². The van der Waals surface area contributed by atoms with Gasteiger partial charge in [-0.1, -0.05) is 33.6 Å². The van der Waals surface area contributed by atoms with E-state index in [2.05, 4.69) is 37.6 Å². The molecular formula is C16H33N3O. The van der Waals surface area contributed by atoms with Gasteiger partial charge in [-0.3, -0.25) is 9.69 Å². The molecule has 1 aliphatic heterocycles. The molecule has 0 aromatic rings. The van der Waals surface area contributed by atoms with Gasteiger partial charge < -0.3 is 10.6 Å². The maximum atomic E-state index is 13.0. The lowest BCUT2D eigenvalue weighted by atomic mass is 9.77. The van der Waals surface area contributed by atoms with Crippen LogP contribution < -0.4 is 5.73 Å². The first kappa shape index (κ1) is 17.4. The SMILES string of the molecule is CCCC(CN)(CCC)C(=O)N1CCN(C)C(CC)C1. The molecule has 4 heteroatoms. The van der Waals surface area contributed by atoms with Gasteiger partial charge in [0, 0.05) is 32.2 Å². The van der Waals surface area contributed by atoms with Crippen LogP contribution in [0.2, 0.25) is 0 Å². The molecule has 0 spiro atoms. The summed E-state index contributed by atoms with van der Waals surface area (Å²) < 4.78 is 0. The number of piperazine rings is 1. The first-order valence-electron chi connectivity index (χ1n) is 8.24. The predicted octanol–water partition coefficient (Wildman–Crippen LogP) is 2.08. The highest BCUT2D eigenvalue weighted by molar-refractivity contribution is 5.83. The number of rotatable bonds is 7. The van der Waals surface area contributed by atoms with Gasteiger partial charge in [-0.2, -0.15) is 0 Å². The molecule has 1 saturated heterocycles. The summed E-state index contributed by atoms with van der Waals surface area (Å²) in [5.41, 5.74) is 5.70. The molecule has 1 rings (SSSR count). The molecule has 2 N–H and O–H groups in total. The molecule has 4 nitrogen and oxygen atoms in total. The lowest BCUT2D eigenvalue weighted by Gasteiger charge is -2.43. The molecule has 0 aromatic heterocycles. The van der Waals surface area contributed by atoms with Gasteiger partial charge in [0.1, 0.15) is 0 Å². The Morgan fingerprint density at radius 3 is 2.25 bits per heavy atom. The van der Waals surface area contributed by atoms with Gasteiger partial charge in [-0.15, -0.1) is 0 Å². The normalized spacial score (nSPS) is 21.2. The van der Waals surface area contributed by atoms with Gasteiger partial charge in [-0.05, 0) is 26.3 Å². The number of nitrogens with zero attached hydrogens (tertiary/aromatic N) is 2. The minimum absolute atomic E-state index is 0.301. The van der Waals surface area contributed by atoms with Gasteiger partial charge in [0.15, 0.2) is 0 Å². The monoisotopic (exact) mass is 283 g/mol. The largest absolute Gasteiger partial charge is 0.339 e. The second-order valence-electron chi connectivity index (χ2n) is 6.28. The Kier molecular flexibility index (Phi) is 6.96.